The minimum Gasteiger partial charge on any atom is -0.481 e. The van der Waals surface area contributed by atoms with Gasteiger partial charge in [0, 0.05) is 31.9 Å². The second kappa shape index (κ2) is 5.52. The average Bonchev–Trinajstić information content (AvgIpc) is 3.12. The zero-order valence-electron chi connectivity index (χ0n) is 11.8. The number of carboxylic acid groups (broad SMARTS) is 1. The van der Waals surface area contributed by atoms with E-state index in [1.54, 1.807) is 4.68 Å². The van der Waals surface area contributed by atoms with Crippen LogP contribution in [-0.4, -0.2) is 33.4 Å². The Morgan fingerprint density at radius 3 is 2.70 bits per heavy atom. The second-order valence-corrected chi connectivity index (χ2v) is 5.25. The molecule has 0 unspecified atom stereocenters. The Labute approximate surface area is 117 Å². The predicted octanol–water partition coefficient (Wildman–Crippen LogP) is 0.646. The summed E-state index contributed by atoms with van der Waals surface area (Å²) in [4.78, 5) is 22.7. The first-order valence-electron chi connectivity index (χ1n) is 6.73. The minimum atomic E-state index is -0.835. The van der Waals surface area contributed by atoms with E-state index in [4.69, 9.17) is 5.11 Å². The lowest BCUT2D eigenvalue weighted by Crippen LogP contribution is -2.40. The van der Waals surface area contributed by atoms with Gasteiger partial charge >= 0.3 is 12.0 Å². The number of urea groups is 1. The third-order valence-electron chi connectivity index (χ3n) is 3.66. The van der Waals surface area contributed by atoms with Gasteiger partial charge in [-0.15, -0.1) is 0 Å². The first-order valence-corrected chi connectivity index (χ1v) is 6.73. The molecule has 7 nitrogen and oxygen atoms in total. The number of carboxylic acids is 1. The largest absolute Gasteiger partial charge is 0.481 e. The Morgan fingerprint density at radius 1 is 1.45 bits per heavy atom. The number of hydrogen-bond acceptors (Lipinski definition) is 3. The van der Waals surface area contributed by atoms with Crippen LogP contribution in [0.25, 0.3) is 0 Å². The molecule has 110 valence electrons. The molecule has 3 N–H and O–H groups in total. The zero-order valence-corrected chi connectivity index (χ0v) is 11.8. The van der Waals surface area contributed by atoms with Crippen LogP contribution < -0.4 is 10.6 Å². The van der Waals surface area contributed by atoms with Crippen molar-refractivity contribution in [2.75, 3.05) is 6.54 Å². The van der Waals surface area contributed by atoms with Gasteiger partial charge in [0.05, 0.1) is 11.1 Å². The van der Waals surface area contributed by atoms with Crippen molar-refractivity contribution < 1.29 is 14.7 Å². The molecule has 0 saturated heterocycles. The number of carbonyl (C=O) groups excluding carboxylic acids is 1. The molecule has 1 fully saturated rings. The fourth-order valence-corrected chi connectivity index (χ4v) is 2.13. The lowest BCUT2D eigenvalue weighted by Gasteiger charge is -2.11. The van der Waals surface area contributed by atoms with E-state index in [1.165, 1.54) is 0 Å². The fraction of sp³-hybridized carbons (Fsp3) is 0.615. The minimum absolute atomic E-state index is 0.182. The summed E-state index contributed by atoms with van der Waals surface area (Å²) in [5, 5.41) is 18.7. The first kappa shape index (κ1) is 14.4. The summed E-state index contributed by atoms with van der Waals surface area (Å²) in [5.74, 6) is -0.835. The highest BCUT2D eigenvalue weighted by Crippen LogP contribution is 2.45. The monoisotopic (exact) mass is 280 g/mol. The van der Waals surface area contributed by atoms with Crippen molar-refractivity contribution in [1.29, 1.82) is 0 Å². The van der Waals surface area contributed by atoms with Crippen molar-refractivity contribution in [3.63, 3.8) is 0 Å². The summed E-state index contributed by atoms with van der Waals surface area (Å²) in [6, 6.07) is -0.344. The zero-order chi connectivity index (χ0) is 14.8. The lowest BCUT2D eigenvalue weighted by atomic mass is 10.1. The number of nitrogens with one attached hydrogen (secondary N) is 2. The van der Waals surface area contributed by atoms with Gasteiger partial charge in [0.2, 0.25) is 0 Å². The van der Waals surface area contributed by atoms with Crippen molar-refractivity contribution in [1.82, 2.24) is 20.4 Å². The number of rotatable bonds is 6. The number of nitrogens with zero attached hydrogens (tertiary/aromatic N) is 2. The van der Waals surface area contributed by atoms with Gasteiger partial charge in [-0.1, -0.05) is 6.92 Å². The smallest absolute Gasteiger partial charge is 0.315 e. The number of hydrogen-bond donors (Lipinski definition) is 3. The molecule has 1 aliphatic carbocycles. The highest BCUT2D eigenvalue weighted by molar-refractivity contribution is 5.80. The van der Waals surface area contributed by atoms with Crippen LogP contribution >= 0.6 is 0 Å². The molecule has 0 bridgehead atoms. The van der Waals surface area contributed by atoms with Crippen molar-refractivity contribution in [3.05, 3.63) is 17.5 Å². The Morgan fingerprint density at radius 2 is 2.15 bits per heavy atom. The van der Waals surface area contributed by atoms with Gasteiger partial charge in [-0.3, -0.25) is 9.48 Å². The maximum atomic E-state index is 11.7. The molecule has 0 atom stereocenters. The molecular weight excluding hydrogens is 260 g/mol. The number of aryl methyl sites for hydroxylation is 2. The van der Waals surface area contributed by atoms with Crippen LogP contribution in [-0.2, 0) is 24.8 Å². The molecule has 0 aliphatic heterocycles. The first-order chi connectivity index (χ1) is 9.47. The standard InChI is InChI=1S/C13H20N4O3/c1-3-10-9(7-17(2)16-10)6-14-12(20)15-8-13(4-5-13)11(18)19/h7H,3-6,8H2,1-2H3,(H,18,19)(H2,14,15,20). The molecule has 1 aliphatic rings. The van der Waals surface area contributed by atoms with Gasteiger partial charge in [-0.05, 0) is 19.3 Å². The summed E-state index contributed by atoms with van der Waals surface area (Å²) in [5.41, 5.74) is 1.20. The Balaban J connectivity index is 1.79. The predicted molar refractivity (Wildman–Crippen MR) is 72.1 cm³/mol. The van der Waals surface area contributed by atoms with E-state index in [2.05, 4.69) is 15.7 Å². The summed E-state index contributed by atoms with van der Waals surface area (Å²) in [6.07, 6.45) is 3.94. The Bertz CT molecular complexity index is 520. The van der Waals surface area contributed by atoms with Crippen molar-refractivity contribution in [2.45, 2.75) is 32.7 Å². The van der Waals surface area contributed by atoms with Crippen molar-refractivity contribution >= 4 is 12.0 Å². The van der Waals surface area contributed by atoms with Crippen LogP contribution in [0.3, 0.4) is 0 Å². The van der Waals surface area contributed by atoms with Crippen LogP contribution in [0.4, 0.5) is 4.79 Å². The Kier molecular flexibility index (Phi) is 3.96. The Hall–Kier alpha value is -2.05. The average molecular weight is 280 g/mol. The third-order valence-corrected chi connectivity index (χ3v) is 3.66. The summed E-state index contributed by atoms with van der Waals surface area (Å²) < 4.78 is 1.72. The van der Waals surface area contributed by atoms with Gasteiger partial charge in [-0.25, -0.2) is 4.79 Å². The van der Waals surface area contributed by atoms with E-state index in [-0.39, 0.29) is 12.6 Å². The number of aliphatic carboxylic acids is 1. The normalized spacial score (nSPS) is 15.7. The number of aromatic nitrogens is 2. The van der Waals surface area contributed by atoms with Gasteiger partial charge in [0.15, 0.2) is 0 Å². The van der Waals surface area contributed by atoms with Crippen molar-refractivity contribution in [3.8, 4) is 0 Å². The molecule has 1 aromatic rings. The molecule has 1 saturated carbocycles. The van der Waals surface area contributed by atoms with Crippen LogP contribution in [0.15, 0.2) is 6.20 Å². The molecule has 0 spiro atoms. The van der Waals surface area contributed by atoms with E-state index >= 15 is 0 Å². The molecule has 20 heavy (non-hydrogen) atoms. The van der Waals surface area contributed by atoms with E-state index in [9.17, 15) is 9.59 Å². The van der Waals surface area contributed by atoms with Crippen LogP contribution in [0.5, 0.6) is 0 Å². The molecule has 1 heterocycles. The molecule has 2 rings (SSSR count). The molecule has 2 amide bonds. The van der Waals surface area contributed by atoms with Crippen LogP contribution in [0.1, 0.15) is 31.0 Å². The molecule has 1 aromatic heterocycles. The van der Waals surface area contributed by atoms with Gasteiger partial charge in [0.1, 0.15) is 0 Å². The molecule has 0 radical (unpaired) electrons. The third kappa shape index (κ3) is 3.09. The summed E-state index contributed by atoms with van der Waals surface area (Å²) in [6.45, 7) is 2.58. The highest BCUT2D eigenvalue weighted by atomic mass is 16.4. The lowest BCUT2D eigenvalue weighted by molar-refractivity contribution is -0.143. The SMILES string of the molecule is CCc1nn(C)cc1CNC(=O)NCC1(C(=O)O)CC1. The summed E-state index contributed by atoms with van der Waals surface area (Å²) in [7, 11) is 1.84. The number of amides is 2. The maximum Gasteiger partial charge on any atom is 0.315 e. The maximum absolute atomic E-state index is 11.7. The topological polar surface area (TPSA) is 96.3 Å². The van der Waals surface area contributed by atoms with Crippen LogP contribution in [0.2, 0.25) is 0 Å². The van der Waals surface area contributed by atoms with Gasteiger partial charge < -0.3 is 15.7 Å². The highest BCUT2D eigenvalue weighted by Gasteiger charge is 2.50. The van der Waals surface area contributed by atoms with E-state index in [0.717, 1.165) is 17.7 Å². The molecule has 0 aromatic carbocycles. The van der Waals surface area contributed by atoms with Gasteiger partial charge in [-0.2, -0.15) is 5.10 Å². The van der Waals surface area contributed by atoms with Crippen molar-refractivity contribution in [2.24, 2.45) is 12.5 Å². The van der Waals surface area contributed by atoms with Crippen LogP contribution in [0, 0.1) is 5.41 Å². The molecule has 7 heteroatoms. The molecular formula is C13H20N4O3. The number of carbonyl (C=O) groups is 2. The second-order valence-electron chi connectivity index (χ2n) is 5.25. The van der Waals surface area contributed by atoms with E-state index < -0.39 is 11.4 Å². The van der Waals surface area contributed by atoms with E-state index in [0.29, 0.717) is 19.4 Å². The summed E-state index contributed by atoms with van der Waals surface area (Å²) >= 11 is 0. The van der Waals surface area contributed by atoms with Gasteiger partial charge in [0.25, 0.3) is 0 Å². The quantitative estimate of drug-likeness (QED) is 0.712. The van der Waals surface area contributed by atoms with E-state index in [1.807, 2.05) is 20.2 Å². The fourth-order valence-electron chi connectivity index (χ4n) is 2.13.